The maximum absolute atomic E-state index is 5.69. The third-order valence-electron chi connectivity index (χ3n) is 3.90. The highest BCUT2D eigenvalue weighted by molar-refractivity contribution is 7.10. The van der Waals surface area contributed by atoms with Crippen molar-refractivity contribution in [2.75, 3.05) is 7.11 Å². The van der Waals surface area contributed by atoms with E-state index in [0.29, 0.717) is 6.54 Å². The lowest BCUT2D eigenvalue weighted by atomic mass is 9.80. The van der Waals surface area contributed by atoms with Gasteiger partial charge in [-0.15, -0.1) is 11.3 Å². The van der Waals surface area contributed by atoms with E-state index in [9.17, 15) is 0 Å². The van der Waals surface area contributed by atoms with Crippen LogP contribution in [0.3, 0.4) is 0 Å². The topological polar surface area (TPSA) is 48.1 Å². The number of thiazole rings is 1. The molecule has 0 saturated heterocycles. The van der Waals surface area contributed by atoms with Crippen LogP contribution in [0.15, 0.2) is 29.6 Å². The summed E-state index contributed by atoms with van der Waals surface area (Å²) in [4.78, 5) is 4.77. The fourth-order valence-corrected chi connectivity index (χ4v) is 3.54. The highest BCUT2D eigenvalue weighted by Crippen LogP contribution is 2.46. The lowest BCUT2D eigenvalue weighted by molar-refractivity contribution is -0.0778. The highest BCUT2D eigenvalue weighted by Gasteiger charge is 2.41. The summed E-state index contributed by atoms with van der Waals surface area (Å²) in [6, 6.07) is 8.27. The zero-order valence-electron chi connectivity index (χ0n) is 11.1. The third-order valence-corrected chi connectivity index (χ3v) is 4.93. The molecule has 0 unspecified atom stereocenters. The van der Waals surface area contributed by atoms with E-state index in [0.717, 1.165) is 34.7 Å². The molecule has 1 heterocycles. The van der Waals surface area contributed by atoms with Crippen LogP contribution in [0.25, 0.3) is 11.3 Å². The van der Waals surface area contributed by atoms with Crippen molar-refractivity contribution in [3.8, 4) is 11.3 Å². The van der Waals surface area contributed by atoms with Gasteiger partial charge in [0.05, 0.1) is 5.69 Å². The van der Waals surface area contributed by atoms with E-state index in [4.69, 9.17) is 15.5 Å². The Hall–Kier alpha value is -1.23. The van der Waals surface area contributed by atoms with E-state index in [1.54, 1.807) is 18.4 Å². The summed E-state index contributed by atoms with van der Waals surface area (Å²) in [6.07, 6.45) is 3.39. The van der Waals surface area contributed by atoms with E-state index >= 15 is 0 Å². The Morgan fingerprint density at radius 2 is 2.26 bits per heavy atom. The van der Waals surface area contributed by atoms with Gasteiger partial charge >= 0.3 is 0 Å². The Labute approximate surface area is 117 Å². The molecule has 0 atom stereocenters. The molecule has 0 radical (unpaired) electrons. The predicted octanol–water partition coefficient (Wildman–Crippen LogP) is 3.29. The molecule has 1 saturated carbocycles. The molecule has 1 aromatic heterocycles. The summed E-state index contributed by atoms with van der Waals surface area (Å²) in [5.74, 6) is 0. The van der Waals surface area contributed by atoms with Crippen molar-refractivity contribution >= 4 is 11.3 Å². The lowest BCUT2D eigenvalue weighted by Crippen LogP contribution is -2.35. The van der Waals surface area contributed by atoms with Gasteiger partial charge in [0.15, 0.2) is 0 Å². The van der Waals surface area contributed by atoms with Crippen LogP contribution in [-0.2, 0) is 16.9 Å². The number of nitrogens with zero attached hydrogens (tertiary/aromatic N) is 1. The first-order chi connectivity index (χ1) is 9.27. The van der Waals surface area contributed by atoms with E-state index in [1.165, 1.54) is 6.42 Å². The predicted molar refractivity (Wildman–Crippen MR) is 78.0 cm³/mol. The SMILES string of the molecule is COC1(c2nc(-c3cccc(CN)c3)cs2)CCC1. The number of ether oxygens (including phenoxy) is 1. The van der Waals surface area contributed by atoms with E-state index in [-0.39, 0.29) is 5.60 Å². The van der Waals surface area contributed by atoms with Gasteiger partial charge in [0, 0.05) is 24.6 Å². The van der Waals surface area contributed by atoms with E-state index in [2.05, 4.69) is 17.5 Å². The van der Waals surface area contributed by atoms with Crippen LogP contribution >= 0.6 is 11.3 Å². The maximum atomic E-state index is 5.69. The Balaban J connectivity index is 1.92. The molecule has 1 aliphatic rings. The molecule has 100 valence electrons. The fraction of sp³-hybridized carbons (Fsp3) is 0.400. The first kappa shape index (κ1) is 12.8. The molecule has 0 spiro atoms. The standard InChI is InChI=1S/C15H18N2OS/c1-18-15(6-3-7-15)14-17-13(10-19-14)12-5-2-4-11(8-12)9-16/h2,4-5,8,10H,3,6-7,9,16H2,1H3. The van der Waals surface area contributed by atoms with Crippen LogP contribution in [0.5, 0.6) is 0 Å². The number of methoxy groups -OCH3 is 1. The number of benzene rings is 1. The third kappa shape index (κ3) is 2.20. The molecule has 1 aromatic carbocycles. The van der Waals surface area contributed by atoms with Gasteiger partial charge in [-0.3, -0.25) is 0 Å². The smallest absolute Gasteiger partial charge is 0.125 e. The maximum Gasteiger partial charge on any atom is 0.125 e. The van der Waals surface area contributed by atoms with Gasteiger partial charge in [-0.05, 0) is 30.9 Å². The number of hydrogen-bond donors (Lipinski definition) is 1. The second-order valence-corrected chi connectivity index (χ2v) is 5.85. The first-order valence-electron chi connectivity index (χ1n) is 6.58. The zero-order chi connectivity index (χ0) is 13.3. The van der Waals surface area contributed by atoms with Gasteiger partial charge < -0.3 is 10.5 Å². The molecule has 2 aromatic rings. The van der Waals surface area contributed by atoms with Crippen LogP contribution < -0.4 is 5.73 Å². The molecular weight excluding hydrogens is 256 g/mol. The first-order valence-corrected chi connectivity index (χ1v) is 7.46. The van der Waals surface area contributed by atoms with Crippen LogP contribution in [0.1, 0.15) is 29.8 Å². The van der Waals surface area contributed by atoms with Gasteiger partial charge in [-0.25, -0.2) is 4.98 Å². The van der Waals surface area contributed by atoms with Crippen LogP contribution in [0, 0.1) is 0 Å². The summed E-state index contributed by atoms with van der Waals surface area (Å²) < 4.78 is 5.68. The number of hydrogen-bond acceptors (Lipinski definition) is 4. The van der Waals surface area contributed by atoms with E-state index < -0.39 is 0 Å². The van der Waals surface area contributed by atoms with E-state index in [1.807, 2.05) is 12.1 Å². The Bertz CT molecular complexity index is 570. The van der Waals surface area contributed by atoms with Crippen LogP contribution in [-0.4, -0.2) is 12.1 Å². The fourth-order valence-electron chi connectivity index (χ4n) is 2.48. The van der Waals surface area contributed by atoms with Gasteiger partial charge in [0.2, 0.25) is 0 Å². The van der Waals surface area contributed by atoms with Crippen molar-refractivity contribution < 1.29 is 4.74 Å². The number of nitrogens with two attached hydrogens (primary N) is 1. The molecule has 0 bridgehead atoms. The molecule has 1 aliphatic carbocycles. The van der Waals surface area contributed by atoms with Gasteiger partial charge in [-0.2, -0.15) is 0 Å². The largest absolute Gasteiger partial charge is 0.371 e. The van der Waals surface area contributed by atoms with Crippen molar-refractivity contribution in [1.82, 2.24) is 4.98 Å². The molecule has 19 heavy (non-hydrogen) atoms. The quantitative estimate of drug-likeness (QED) is 0.930. The van der Waals surface area contributed by atoms with Crippen molar-refractivity contribution in [3.05, 3.63) is 40.2 Å². The van der Waals surface area contributed by atoms with Gasteiger partial charge in [0.25, 0.3) is 0 Å². The van der Waals surface area contributed by atoms with Crippen LogP contribution in [0.4, 0.5) is 0 Å². The Kier molecular flexibility index (Phi) is 3.39. The van der Waals surface area contributed by atoms with Crippen molar-refractivity contribution in [3.63, 3.8) is 0 Å². The molecule has 3 rings (SSSR count). The minimum atomic E-state index is -0.117. The molecule has 4 heteroatoms. The lowest BCUT2D eigenvalue weighted by Gasteiger charge is -2.38. The normalized spacial score (nSPS) is 17.2. The molecule has 2 N–H and O–H groups in total. The molecule has 0 amide bonds. The summed E-state index contributed by atoms with van der Waals surface area (Å²) in [6.45, 7) is 0.562. The van der Waals surface area contributed by atoms with Crippen LogP contribution in [0.2, 0.25) is 0 Å². The highest BCUT2D eigenvalue weighted by atomic mass is 32.1. The summed E-state index contributed by atoms with van der Waals surface area (Å²) >= 11 is 1.70. The summed E-state index contributed by atoms with van der Waals surface area (Å²) in [5, 5.41) is 3.22. The van der Waals surface area contributed by atoms with Crippen molar-refractivity contribution in [1.29, 1.82) is 0 Å². The molecular formula is C15H18N2OS. The number of rotatable bonds is 4. The number of aromatic nitrogens is 1. The second-order valence-electron chi connectivity index (χ2n) is 4.99. The average molecular weight is 274 g/mol. The molecule has 1 fully saturated rings. The summed E-state index contributed by atoms with van der Waals surface area (Å²) in [7, 11) is 1.79. The van der Waals surface area contributed by atoms with Gasteiger partial charge in [0.1, 0.15) is 10.6 Å². The Morgan fingerprint density at radius 3 is 2.89 bits per heavy atom. The second kappa shape index (κ2) is 5.04. The van der Waals surface area contributed by atoms with Gasteiger partial charge in [-0.1, -0.05) is 18.2 Å². The zero-order valence-corrected chi connectivity index (χ0v) is 11.9. The minimum Gasteiger partial charge on any atom is -0.371 e. The van der Waals surface area contributed by atoms with Crippen molar-refractivity contribution in [2.24, 2.45) is 5.73 Å². The monoisotopic (exact) mass is 274 g/mol. The van der Waals surface area contributed by atoms with Crippen molar-refractivity contribution in [2.45, 2.75) is 31.4 Å². The molecule has 3 nitrogen and oxygen atoms in total. The summed E-state index contributed by atoms with van der Waals surface area (Å²) in [5.41, 5.74) is 8.87. The minimum absolute atomic E-state index is 0.117. The Morgan fingerprint density at radius 1 is 1.42 bits per heavy atom. The average Bonchev–Trinajstić information content (AvgIpc) is 2.88. The molecule has 0 aliphatic heterocycles.